The zero-order valence-electron chi connectivity index (χ0n) is 28.2. The number of hydrogen-bond donors (Lipinski definition) is 0. The van der Waals surface area contributed by atoms with Crippen molar-refractivity contribution in [3.8, 4) is 56.6 Å². The van der Waals surface area contributed by atoms with Gasteiger partial charge in [0.1, 0.15) is 17.2 Å². The first-order chi connectivity index (χ1) is 23.9. The minimum atomic E-state index is 0. The van der Waals surface area contributed by atoms with Crippen LogP contribution in [0.5, 0.6) is 23.0 Å². The standard InChI is InChI=1S/C25H17BNO2.C19H16N.Ir/c1-15-13-20(27-14-16(15)2)17-7-5-9-19-25(17)29-23-12-6-11-22-24(23)26(19)18-8-3-4-10-21(18)28-22;1-14-8-10-17(11-9-14)19-12-18(15(2)13-20-19)16-6-4-3-5-7-16;/h3-6,8-14H,1-2H3;3-10,12-13H,1-2H3;/q2*-1;. The van der Waals surface area contributed by atoms with E-state index in [0.717, 1.165) is 61.9 Å². The van der Waals surface area contributed by atoms with Crippen molar-refractivity contribution in [1.29, 1.82) is 0 Å². The molecule has 0 atom stereocenters. The first kappa shape index (κ1) is 33.2. The van der Waals surface area contributed by atoms with Gasteiger partial charge in [-0.1, -0.05) is 84.8 Å². The van der Waals surface area contributed by atoms with E-state index in [4.69, 9.17) is 9.47 Å². The molecule has 4 nitrogen and oxygen atoms in total. The average Bonchev–Trinajstić information content (AvgIpc) is 3.14. The van der Waals surface area contributed by atoms with Gasteiger partial charge in [-0.2, -0.15) is 0 Å². The van der Waals surface area contributed by atoms with Crippen LogP contribution in [0.1, 0.15) is 22.3 Å². The number of aryl methyl sites for hydroxylation is 4. The number of benzene rings is 5. The molecule has 5 aromatic carbocycles. The zero-order chi connectivity index (χ0) is 33.5. The Morgan fingerprint density at radius 2 is 1.32 bits per heavy atom. The summed E-state index contributed by atoms with van der Waals surface area (Å²) in [5, 5.41) is 0. The molecular weight excluding hydrogens is 792 g/mol. The molecule has 9 rings (SSSR count). The number of rotatable bonds is 3. The van der Waals surface area contributed by atoms with Crippen LogP contribution in [0.2, 0.25) is 0 Å². The molecular formula is C44H33BIrN2O2-2. The van der Waals surface area contributed by atoms with Crippen LogP contribution in [0, 0.1) is 39.8 Å². The SMILES string of the molecule is Cc1c[c-]c(-c2cc(-c3ccccc3)c(C)cn2)cc1.Cc1cnc(-c2[c-]ccc3c2Oc2cccc4c2B3c2ccccc2O4)cc1C.[Ir]. The van der Waals surface area contributed by atoms with Crippen molar-refractivity contribution in [2.75, 3.05) is 0 Å². The van der Waals surface area contributed by atoms with Gasteiger partial charge in [-0.05, 0) is 78.1 Å². The number of hydrogen-bond acceptors (Lipinski definition) is 4. The van der Waals surface area contributed by atoms with Crippen LogP contribution in [0.3, 0.4) is 0 Å². The van der Waals surface area contributed by atoms with Gasteiger partial charge in [0.2, 0.25) is 6.71 Å². The van der Waals surface area contributed by atoms with E-state index >= 15 is 0 Å². The molecule has 0 bridgehead atoms. The van der Waals surface area contributed by atoms with E-state index in [1.54, 1.807) is 0 Å². The Kier molecular flexibility index (Phi) is 9.24. The van der Waals surface area contributed by atoms with Crippen LogP contribution in [-0.4, -0.2) is 16.7 Å². The van der Waals surface area contributed by atoms with Gasteiger partial charge in [0.15, 0.2) is 0 Å². The summed E-state index contributed by atoms with van der Waals surface area (Å²) in [6.07, 6.45) is 3.85. The maximum Gasteiger partial charge on any atom is 0.241 e. The first-order valence-corrected chi connectivity index (χ1v) is 16.5. The van der Waals surface area contributed by atoms with Crippen LogP contribution in [-0.2, 0) is 20.1 Å². The maximum atomic E-state index is 6.44. The average molecular weight is 825 g/mol. The quantitative estimate of drug-likeness (QED) is 0.132. The minimum absolute atomic E-state index is 0. The largest absolute Gasteiger partial charge is 0.503 e. The summed E-state index contributed by atoms with van der Waals surface area (Å²) < 4.78 is 12.6. The molecule has 0 amide bonds. The topological polar surface area (TPSA) is 44.2 Å². The van der Waals surface area contributed by atoms with Crippen molar-refractivity contribution in [1.82, 2.24) is 9.97 Å². The molecule has 2 aromatic heterocycles. The number of nitrogens with zero attached hydrogens (tertiary/aromatic N) is 2. The Bertz CT molecular complexity index is 2340. The first-order valence-electron chi connectivity index (χ1n) is 16.5. The summed E-state index contributed by atoms with van der Waals surface area (Å²) in [6.45, 7) is 8.40. The number of para-hydroxylation sites is 1. The Morgan fingerprint density at radius 1 is 0.600 bits per heavy atom. The van der Waals surface area contributed by atoms with Gasteiger partial charge >= 0.3 is 0 Å². The summed E-state index contributed by atoms with van der Waals surface area (Å²) in [5.41, 5.74) is 14.4. The van der Waals surface area contributed by atoms with E-state index in [1.165, 1.54) is 33.4 Å². The third-order valence-electron chi connectivity index (χ3n) is 9.33. The normalized spacial score (nSPS) is 11.7. The van der Waals surface area contributed by atoms with Gasteiger partial charge in [0.05, 0.1) is 0 Å². The van der Waals surface area contributed by atoms with Crippen molar-refractivity contribution in [2.24, 2.45) is 0 Å². The van der Waals surface area contributed by atoms with Crippen molar-refractivity contribution in [3.63, 3.8) is 0 Å². The predicted molar refractivity (Wildman–Crippen MR) is 199 cm³/mol. The fraction of sp³-hybridized carbons (Fsp3) is 0.0909. The molecule has 7 aromatic rings. The van der Waals surface area contributed by atoms with E-state index in [-0.39, 0.29) is 26.8 Å². The number of fused-ring (bicyclic) bond motifs is 4. The van der Waals surface area contributed by atoms with Gasteiger partial charge in [-0.25, -0.2) is 0 Å². The van der Waals surface area contributed by atoms with Crippen LogP contribution < -0.4 is 25.9 Å². The predicted octanol–water partition coefficient (Wildman–Crippen LogP) is 8.72. The smallest absolute Gasteiger partial charge is 0.241 e. The molecule has 2 aliphatic heterocycles. The van der Waals surface area contributed by atoms with Crippen LogP contribution >= 0.6 is 0 Å². The van der Waals surface area contributed by atoms with Gasteiger partial charge in [-0.15, -0.1) is 59.1 Å². The summed E-state index contributed by atoms with van der Waals surface area (Å²) >= 11 is 0. The third-order valence-corrected chi connectivity index (χ3v) is 9.33. The fourth-order valence-corrected chi connectivity index (χ4v) is 6.56. The molecule has 0 aliphatic carbocycles. The van der Waals surface area contributed by atoms with Gasteiger partial charge in [0, 0.05) is 43.7 Å². The molecule has 0 fully saturated rings. The molecule has 6 heteroatoms. The Labute approximate surface area is 307 Å². The Hall–Kier alpha value is -5.29. The zero-order valence-corrected chi connectivity index (χ0v) is 30.6. The second kappa shape index (κ2) is 13.9. The van der Waals surface area contributed by atoms with Gasteiger partial charge < -0.3 is 19.4 Å². The number of pyridine rings is 2. The summed E-state index contributed by atoms with van der Waals surface area (Å²) in [5.74, 6) is 3.41. The van der Waals surface area contributed by atoms with Crippen molar-refractivity contribution in [2.45, 2.75) is 27.7 Å². The molecule has 50 heavy (non-hydrogen) atoms. The summed E-state index contributed by atoms with van der Waals surface area (Å²) in [4.78, 5) is 9.20. The van der Waals surface area contributed by atoms with Crippen LogP contribution in [0.25, 0.3) is 33.6 Å². The molecule has 0 spiro atoms. The second-order valence-corrected chi connectivity index (χ2v) is 12.7. The molecule has 4 heterocycles. The van der Waals surface area contributed by atoms with E-state index in [2.05, 4.69) is 117 Å². The van der Waals surface area contributed by atoms with E-state index in [9.17, 15) is 0 Å². The molecule has 0 N–H and O–H groups in total. The number of ether oxygens (including phenoxy) is 2. The summed E-state index contributed by atoms with van der Waals surface area (Å²) in [6, 6.07) is 45.8. The molecule has 1 radical (unpaired) electrons. The van der Waals surface area contributed by atoms with E-state index < -0.39 is 0 Å². The van der Waals surface area contributed by atoms with E-state index in [1.807, 2.05) is 60.9 Å². The third kappa shape index (κ3) is 6.17. The minimum Gasteiger partial charge on any atom is -0.503 e. The van der Waals surface area contributed by atoms with Crippen molar-refractivity contribution < 1.29 is 29.6 Å². The van der Waals surface area contributed by atoms with Crippen LogP contribution in [0.15, 0.2) is 128 Å². The van der Waals surface area contributed by atoms with Gasteiger partial charge in [0.25, 0.3) is 0 Å². The molecule has 245 valence electrons. The van der Waals surface area contributed by atoms with Crippen molar-refractivity contribution in [3.05, 3.63) is 162 Å². The summed E-state index contributed by atoms with van der Waals surface area (Å²) in [7, 11) is 0. The van der Waals surface area contributed by atoms with Crippen LogP contribution in [0.4, 0.5) is 0 Å². The Balaban J connectivity index is 0.000000165. The van der Waals surface area contributed by atoms with E-state index in [0.29, 0.717) is 0 Å². The Morgan fingerprint density at radius 3 is 2.10 bits per heavy atom. The molecule has 2 aliphatic rings. The maximum absolute atomic E-state index is 6.44. The molecule has 0 saturated carbocycles. The second-order valence-electron chi connectivity index (χ2n) is 12.7. The molecule has 0 unspecified atom stereocenters. The van der Waals surface area contributed by atoms with Crippen molar-refractivity contribution >= 4 is 23.1 Å². The fourth-order valence-electron chi connectivity index (χ4n) is 6.56. The monoisotopic (exact) mass is 825 g/mol. The molecule has 0 saturated heterocycles. The van der Waals surface area contributed by atoms with Gasteiger partial charge in [-0.3, -0.25) is 0 Å². The number of aromatic nitrogens is 2.